The molecule has 0 bridgehead atoms. The molecule has 1 heterocycles. The fraction of sp³-hybridized carbons (Fsp3) is 0.263. The largest absolute Gasteiger partial charge is 0.287 e. The first-order valence-electron chi connectivity index (χ1n) is 8.02. The first kappa shape index (κ1) is 18.3. The van der Waals surface area contributed by atoms with E-state index in [0.717, 1.165) is 11.1 Å². The molecule has 1 aromatic heterocycles. The average Bonchev–Trinajstić information content (AvgIpc) is 2.57. The SMILES string of the molecule is CC(C)Cn1c(SCc2ccc(Cl)cc2Cl)nc2ccccc2c1=O. The van der Waals surface area contributed by atoms with Crippen molar-refractivity contribution in [3.05, 3.63) is 68.4 Å². The molecule has 0 fully saturated rings. The molecule has 2 aromatic carbocycles. The summed E-state index contributed by atoms with van der Waals surface area (Å²) in [7, 11) is 0. The zero-order valence-electron chi connectivity index (χ0n) is 14.0. The van der Waals surface area contributed by atoms with Gasteiger partial charge in [-0.05, 0) is 35.7 Å². The number of rotatable bonds is 5. The Bertz CT molecular complexity index is 969. The Kier molecular flexibility index (Phi) is 5.72. The van der Waals surface area contributed by atoms with E-state index < -0.39 is 0 Å². The number of aromatic nitrogens is 2. The van der Waals surface area contributed by atoms with E-state index >= 15 is 0 Å². The molecule has 0 spiro atoms. The molecule has 130 valence electrons. The lowest BCUT2D eigenvalue weighted by atomic mass is 10.2. The van der Waals surface area contributed by atoms with Crippen LogP contribution in [0.1, 0.15) is 19.4 Å². The molecule has 0 N–H and O–H groups in total. The van der Waals surface area contributed by atoms with Crippen molar-refractivity contribution >= 4 is 45.9 Å². The Morgan fingerprint density at radius 3 is 2.64 bits per heavy atom. The van der Waals surface area contributed by atoms with Crippen molar-refractivity contribution in [1.29, 1.82) is 0 Å². The predicted octanol–water partition coefficient (Wildman–Crippen LogP) is 5.65. The fourth-order valence-electron chi connectivity index (χ4n) is 2.57. The van der Waals surface area contributed by atoms with Gasteiger partial charge in [0.2, 0.25) is 0 Å². The highest BCUT2D eigenvalue weighted by Gasteiger charge is 2.13. The van der Waals surface area contributed by atoms with Gasteiger partial charge in [-0.25, -0.2) is 4.98 Å². The lowest BCUT2D eigenvalue weighted by Gasteiger charge is -2.15. The second kappa shape index (κ2) is 7.81. The van der Waals surface area contributed by atoms with Crippen LogP contribution >= 0.6 is 35.0 Å². The third-order valence-electron chi connectivity index (χ3n) is 3.75. The summed E-state index contributed by atoms with van der Waals surface area (Å²) >= 11 is 13.7. The third-order valence-corrected chi connectivity index (χ3v) is 5.36. The Morgan fingerprint density at radius 1 is 1.16 bits per heavy atom. The van der Waals surface area contributed by atoms with Gasteiger partial charge in [0.25, 0.3) is 5.56 Å². The van der Waals surface area contributed by atoms with Crippen LogP contribution in [0, 0.1) is 5.92 Å². The van der Waals surface area contributed by atoms with Gasteiger partial charge in [0.05, 0.1) is 10.9 Å². The van der Waals surface area contributed by atoms with Gasteiger partial charge in [-0.2, -0.15) is 0 Å². The normalized spacial score (nSPS) is 11.4. The molecule has 0 aliphatic rings. The van der Waals surface area contributed by atoms with Crippen molar-refractivity contribution in [1.82, 2.24) is 9.55 Å². The van der Waals surface area contributed by atoms with Crippen LogP contribution in [0.4, 0.5) is 0 Å². The van der Waals surface area contributed by atoms with Crippen LogP contribution in [0.15, 0.2) is 52.4 Å². The van der Waals surface area contributed by atoms with Crippen molar-refractivity contribution < 1.29 is 0 Å². The Balaban J connectivity index is 2.00. The van der Waals surface area contributed by atoms with E-state index in [0.29, 0.717) is 38.8 Å². The van der Waals surface area contributed by atoms with Gasteiger partial charge in [-0.3, -0.25) is 9.36 Å². The van der Waals surface area contributed by atoms with E-state index in [1.165, 1.54) is 11.8 Å². The molecular formula is C19H18Cl2N2OS. The van der Waals surface area contributed by atoms with E-state index in [1.54, 1.807) is 10.6 Å². The Labute approximate surface area is 161 Å². The Hall–Kier alpha value is -1.49. The van der Waals surface area contributed by atoms with Crippen LogP contribution in [0.3, 0.4) is 0 Å². The standard InChI is InChI=1S/C19H18Cl2N2OS/c1-12(2)10-23-18(24)15-5-3-4-6-17(15)22-19(23)25-11-13-7-8-14(20)9-16(13)21/h3-9,12H,10-11H2,1-2H3. The minimum atomic E-state index is 0.00371. The van der Waals surface area contributed by atoms with Crippen molar-refractivity contribution in [3.8, 4) is 0 Å². The highest BCUT2D eigenvalue weighted by Crippen LogP contribution is 2.28. The van der Waals surface area contributed by atoms with Gasteiger partial charge in [0.15, 0.2) is 5.16 Å². The molecule has 0 aliphatic carbocycles. The summed E-state index contributed by atoms with van der Waals surface area (Å²) in [5.74, 6) is 0.970. The molecule has 0 saturated heterocycles. The molecule has 0 radical (unpaired) electrons. The van der Waals surface area contributed by atoms with Crippen molar-refractivity contribution in [2.24, 2.45) is 5.92 Å². The summed E-state index contributed by atoms with van der Waals surface area (Å²) in [5.41, 5.74) is 1.69. The van der Waals surface area contributed by atoms with E-state index in [-0.39, 0.29) is 5.56 Å². The number of fused-ring (bicyclic) bond motifs is 1. The van der Waals surface area contributed by atoms with E-state index in [1.807, 2.05) is 36.4 Å². The predicted molar refractivity (Wildman–Crippen MR) is 107 cm³/mol. The summed E-state index contributed by atoms with van der Waals surface area (Å²) in [6, 6.07) is 12.9. The zero-order chi connectivity index (χ0) is 18.0. The van der Waals surface area contributed by atoms with Crippen molar-refractivity contribution in [2.75, 3.05) is 0 Å². The van der Waals surface area contributed by atoms with Crippen LogP contribution < -0.4 is 5.56 Å². The van der Waals surface area contributed by atoms with Gasteiger partial charge in [-0.1, -0.05) is 67.0 Å². The summed E-state index contributed by atoms with van der Waals surface area (Å²) in [6.07, 6.45) is 0. The smallest absolute Gasteiger partial charge is 0.262 e. The third kappa shape index (κ3) is 4.20. The van der Waals surface area contributed by atoms with E-state index in [2.05, 4.69) is 13.8 Å². The molecule has 0 amide bonds. The highest BCUT2D eigenvalue weighted by molar-refractivity contribution is 7.98. The second-order valence-corrected chi connectivity index (χ2v) is 8.03. The number of halogens is 2. The maximum absolute atomic E-state index is 12.9. The first-order valence-corrected chi connectivity index (χ1v) is 9.76. The van der Waals surface area contributed by atoms with Crippen molar-refractivity contribution in [3.63, 3.8) is 0 Å². The first-order chi connectivity index (χ1) is 12.0. The molecule has 25 heavy (non-hydrogen) atoms. The maximum Gasteiger partial charge on any atom is 0.262 e. The number of benzene rings is 2. The Morgan fingerprint density at radius 2 is 1.92 bits per heavy atom. The molecule has 0 saturated carbocycles. The van der Waals surface area contributed by atoms with Crippen molar-refractivity contribution in [2.45, 2.75) is 31.3 Å². The molecule has 0 unspecified atom stereocenters. The van der Waals surface area contributed by atoms with Gasteiger partial charge in [-0.15, -0.1) is 0 Å². The quantitative estimate of drug-likeness (QED) is 0.415. The average molecular weight is 393 g/mol. The molecule has 6 heteroatoms. The second-order valence-electron chi connectivity index (χ2n) is 6.25. The number of hydrogen-bond acceptors (Lipinski definition) is 3. The number of hydrogen-bond donors (Lipinski definition) is 0. The van der Waals surface area contributed by atoms with E-state index in [4.69, 9.17) is 28.2 Å². The topological polar surface area (TPSA) is 34.9 Å². The summed E-state index contributed by atoms with van der Waals surface area (Å²) in [5, 5.41) is 2.60. The molecule has 3 aromatic rings. The maximum atomic E-state index is 12.9. The minimum Gasteiger partial charge on any atom is -0.287 e. The van der Waals surface area contributed by atoms with Crippen LogP contribution in [-0.4, -0.2) is 9.55 Å². The molecular weight excluding hydrogens is 375 g/mol. The molecule has 3 nitrogen and oxygen atoms in total. The molecule has 3 rings (SSSR count). The monoisotopic (exact) mass is 392 g/mol. The summed E-state index contributed by atoms with van der Waals surface area (Å²) in [4.78, 5) is 17.6. The lowest BCUT2D eigenvalue weighted by Crippen LogP contribution is -2.25. The van der Waals surface area contributed by atoms with Gasteiger partial charge in [0, 0.05) is 22.3 Å². The summed E-state index contributed by atoms with van der Waals surface area (Å²) < 4.78 is 1.77. The van der Waals surface area contributed by atoms with Crippen LogP contribution in [-0.2, 0) is 12.3 Å². The van der Waals surface area contributed by atoms with E-state index in [9.17, 15) is 4.79 Å². The van der Waals surface area contributed by atoms with Gasteiger partial charge < -0.3 is 0 Å². The van der Waals surface area contributed by atoms with Gasteiger partial charge >= 0.3 is 0 Å². The fourth-order valence-corrected chi connectivity index (χ4v) is 4.13. The van der Waals surface area contributed by atoms with Crippen LogP contribution in [0.2, 0.25) is 10.0 Å². The number of thioether (sulfide) groups is 1. The number of para-hydroxylation sites is 1. The molecule has 0 atom stereocenters. The molecule has 0 aliphatic heterocycles. The van der Waals surface area contributed by atoms with Crippen LogP contribution in [0.5, 0.6) is 0 Å². The lowest BCUT2D eigenvalue weighted by molar-refractivity contribution is 0.475. The van der Waals surface area contributed by atoms with Crippen LogP contribution in [0.25, 0.3) is 10.9 Å². The zero-order valence-corrected chi connectivity index (χ0v) is 16.3. The summed E-state index contributed by atoms with van der Waals surface area (Å²) in [6.45, 7) is 4.81. The number of nitrogens with zero attached hydrogens (tertiary/aromatic N) is 2. The minimum absolute atomic E-state index is 0.00371. The van der Waals surface area contributed by atoms with Gasteiger partial charge in [0.1, 0.15) is 0 Å². The highest BCUT2D eigenvalue weighted by atomic mass is 35.5.